The predicted molar refractivity (Wildman–Crippen MR) is 160 cm³/mol. The minimum atomic E-state index is -3.88. The zero-order valence-corrected chi connectivity index (χ0v) is 25.2. The number of hydrogen-bond acceptors (Lipinski definition) is 11. The van der Waals surface area contributed by atoms with E-state index in [0.29, 0.717) is 50.3 Å². The van der Waals surface area contributed by atoms with Crippen LogP contribution in [0.5, 0.6) is 0 Å². The summed E-state index contributed by atoms with van der Waals surface area (Å²) in [5.74, 6) is -0.546. The van der Waals surface area contributed by atoms with Gasteiger partial charge in [0.25, 0.3) is 11.8 Å². The molecule has 1 spiro atoms. The number of anilines is 2. The van der Waals surface area contributed by atoms with E-state index in [4.69, 9.17) is 28.1 Å². The fourth-order valence-corrected chi connectivity index (χ4v) is 6.41. The van der Waals surface area contributed by atoms with Crippen molar-refractivity contribution in [3.8, 4) is 0 Å². The Bertz CT molecular complexity index is 1710. The number of aromatic nitrogens is 4. The molecular formula is C27H31ClN10O4S. The third-order valence-electron chi connectivity index (χ3n) is 7.57. The summed E-state index contributed by atoms with van der Waals surface area (Å²) in [5.41, 5.74) is 12.3. The van der Waals surface area contributed by atoms with Crippen LogP contribution >= 0.6 is 11.6 Å². The summed E-state index contributed by atoms with van der Waals surface area (Å²) in [7, 11) is -2.42. The number of nitrogens with two attached hydrogens (primary N) is 2. The molecule has 2 aliphatic rings. The van der Waals surface area contributed by atoms with Crippen molar-refractivity contribution in [3.05, 3.63) is 64.5 Å². The van der Waals surface area contributed by atoms with Crippen LogP contribution in [0.15, 0.2) is 46.5 Å². The van der Waals surface area contributed by atoms with Gasteiger partial charge in [-0.15, -0.1) is 0 Å². The maximum atomic E-state index is 13.4. The zero-order chi connectivity index (χ0) is 30.9. The van der Waals surface area contributed by atoms with Gasteiger partial charge in [0.15, 0.2) is 22.5 Å². The van der Waals surface area contributed by atoms with Crippen molar-refractivity contribution >= 4 is 50.9 Å². The smallest absolute Gasteiger partial charge is 0.279 e. The molecular weight excluding hydrogens is 596 g/mol. The third kappa shape index (κ3) is 6.43. The molecule has 0 radical (unpaired) electrons. The van der Waals surface area contributed by atoms with Crippen molar-refractivity contribution in [1.29, 1.82) is 0 Å². The SMILES string of the molecule is Cc1cnc(CN(C)S(=O)(=O)c2cccc(C(=O)N3CCC4(CCC(NC(=O)c5nc(Cl)c(N)nc5N)=N4)CC3)c2)cn1. The van der Waals surface area contributed by atoms with Crippen LogP contribution in [-0.2, 0) is 16.6 Å². The van der Waals surface area contributed by atoms with Crippen LogP contribution < -0.4 is 16.8 Å². The number of halogens is 1. The number of aliphatic imine (C=N–C) groups is 1. The topological polar surface area (TPSA) is 203 Å². The summed E-state index contributed by atoms with van der Waals surface area (Å²) in [6.45, 7) is 2.70. The molecule has 43 heavy (non-hydrogen) atoms. The third-order valence-corrected chi connectivity index (χ3v) is 9.64. The molecule has 0 unspecified atom stereocenters. The van der Waals surface area contributed by atoms with Crippen LogP contribution in [0.4, 0.5) is 11.6 Å². The highest BCUT2D eigenvalue weighted by Crippen LogP contribution is 2.36. The Labute approximate surface area is 253 Å². The number of likely N-dealkylation sites (tertiary alicyclic amines) is 1. The van der Waals surface area contributed by atoms with E-state index < -0.39 is 21.5 Å². The fourth-order valence-electron chi connectivity index (χ4n) is 5.09. The summed E-state index contributed by atoms with van der Waals surface area (Å²) in [4.78, 5) is 48.8. The van der Waals surface area contributed by atoms with E-state index in [0.717, 1.165) is 5.69 Å². The maximum Gasteiger partial charge on any atom is 0.279 e. The Kier molecular flexibility index (Phi) is 8.31. The van der Waals surface area contributed by atoms with E-state index in [-0.39, 0.29) is 45.4 Å². The molecule has 1 aromatic carbocycles. The lowest BCUT2D eigenvalue weighted by Crippen LogP contribution is -2.45. The molecule has 0 saturated carbocycles. The standard InChI is InChI=1S/C27H31ClN10O4S/c1-16-13-32-18(14-31-16)15-37(2)43(41,42)19-5-3-4-17(12-19)26(40)38-10-8-27(9-11-38)7-6-20(36-27)33-25(39)21-23(29)35-24(30)22(28)34-21/h3-5,12-14H,6-11,15H2,1-2H3,(H4,29,30,35)(H,33,36,39). The largest absolute Gasteiger partial charge is 0.382 e. The normalized spacial score (nSPS) is 16.4. The van der Waals surface area contributed by atoms with E-state index in [1.54, 1.807) is 30.2 Å². The van der Waals surface area contributed by atoms with Gasteiger partial charge < -0.3 is 21.7 Å². The molecule has 5 rings (SSSR count). The number of amidine groups is 1. The van der Waals surface area contributed by atoms with Crippen molar-refractivity contribution in [3.63, 3.8) is 0 Å². The number of piperidine rings is 1. The Balaban J connectivity index is 1.22. The highest BCUT2D eigenvalue weighted by atomic mass is 35.5. The molecule has 14 nitrogen and oxygen atoms in total. The monoisotopic (exact) mass is 626 g/mol. The molecule has 1 saturated heterocycles. The van der Waals surface area contributed by atoms with Crippen molar-refractivity contribution in [1.82, 2.24) is 34.5 Å². The van der Waals surface area contributed by atoms with Crippen LogP contribution in [0.3, 0.4) is 0 Å². The molecule has 2 aliphatic heterocycles. The summed E-state index contributed by atoms with van der Waals surface area (Å²) in [5, 5.41) is 2.62. The van der Waals surface area contributed by atoms with Crippen molar-refractivity contribution < 1.29 is 18.0 Å². The molecule has 2 amide bonds. The summed E-state index contributed by atoms with van der Waals surface area (Å²) >= 11 is 5.89. The number of rotatable bonds is 6. The van der Waals surface area contributed by atoms with E-state index in [9.17, 15) is 18.0 Å². The van der Waals surface area contributed by atoms with Crippen LogP contribution in [0.2, 0.25) is 5.15 Å². The molecule has 3 aromatic rings. The van der Waals surface area contributed by atoms with Crippen LogP contribution in [0.25, 0.3) is 0 Å². The molecule has 4 heterocycles. The van der Waals surface area contributed by atoms with Gasteiger partial charge in [-0.05, 0) is 44.4 Å². The average Bonchev–Trinajstić information content (AvgIpc) is 3.37. The predicted octanol–water partition coefficient (Wildman–Crippen LogP) is 1.81. The Morgan fingerprint density at radius 3 is 2.53 bits per heavy atom. The lowest BCUT2D eigenvalue weighted by Gasteiger charge is -2.37. The summed E-state index contributed by atoms with van der Waals surface area (Å²) < 4.78 is 27.7. The minimum Gasteiger partial charge on any atom is -0.382 e. The number of amides is 2. The minimum absolute atomic E-state index is 0.0166. The Morgan fingerprint density at radius 2 is 1.84 bits per heavy atom. The van der Waals surface area contributed by atoms with Gasteiger partial charge >= 0.3 is 0 Å². The van der Waals surface area contributed by atoms with Crippen molar-refractivity contribution in [2.45, 2.75) is 49.6 Å². The number of nitrogen functional groups attached to an aromatic ring is 2. The molecule has 2 aromatic heterocycles. The second-order valence-corrected chi connectivity index (χ2v) is 13.0. The van der Waals surface area contributed by atoms with E-state index in [1.165, 1.54) is 29.7 Å². The lowest BCUT2D eigenvalue weighted by atomic mass is 9.86. The number of aryl methyl sites for hydroxylation is 1. The highest BCUT2D eigenvalue weighted by Gasteiger charge is 2.40. The molecule has 0 bridgehead atoms. The van der Waals surface area contributed by atoms with Crippen molar-refractivity contribution in [2.75, 3.05) is 31.6 Å². The number of sulfonamides is 1. The number of carbonyl (C=O) groups is 2. The molecule has 0 aliphatic carbocycles. The van der Waals surface area contributed by atoms with Gasteiger partial charge in [-0.1, -0.05) is 17.7 Å². The quantitative estimate of drug-likeness (QED) is 0.362. The zero-order valence-electron chi connectivity index (χ0n) is 23.6. The van der Waals surface area contributed by atoms with Crippen LogP contribution in [0.1, 0.15) is 57.9 Å². The maximum absolute atomic E-state index is 13.4. The Hall–Kier alpha value is -4.21. The highest BCUT2D eigenvalue weighted by molar-refractivity contribution is 7.89. The van der Waals surface area contributed by atoms with Gasteiger partial charge in [-0.3, -0.25) is 24.5 Å². The number of hydrogen-bond donors (Lipinski definition) is 3. The van der Waals surface area contributed by atoms with Crippen LogP contribution in [-0.4, -0.2) is 80.9 Å². The lowest BCUT2D eigenvalue weighted by molar-refractivity contribution is 0.0672. The van der Waals surface area contributed by atoms with Crippen molar-refractivity contribution in [2.24, 2.45) is 4.99 Å². The molecule has 5 N–H and O–H groups in total. The van der Waals surface area contributed by atoms with Gasteiger partial charge in [0, 0.05) is 38.3 Å². The second-order valence-electron chi connectivity index (χ2n) is 10.6. The molecule has 16 heteroatoms. The molecule has 1 fully saturated rings. The van der Waals surface area contributed by atoms with Gasteiger partial charge in [-0.2, -0.15) is 4.31 Å². The number of nitrogens with zero attached hydrogens (tertiary/aromatic N) is 7. The van der Waals surface area contributed by atoms with Gasteiger partial charge in [0.05, 0.1) is 34.6 Å². The van der Waals surface area contributed by atoms with E-state index in [2.05, 4.69) is 25.3 Å². The first-order valence-corrected chi connectivity index (χ1v) is 15.3. The first-order valence-electron chi connectivity index (χ1n) is 13.5. The second kappa shape index (κ2) is 11.8. The first-order chi connectivity index (χ1) is 20.4. The van der Waals surface area contributed by atoms with Crippen LogP contribution in [0, 0.1) is 6.92 Å². The summed E-state index contributed by atoms with van der Waals surface area (Å²) in [6.07, 6.45) is 5.54. The average molecular weight is 627 g/mol. The number of benzene rings is 1. The molecule has 226 valence electrons. The number of carbonyl (C=O) groups excluding carboxylic acids is 2. The van der Waals surface area contributed by atoms with Gasteiger partial charge in [0.1, 0.15) is 5.84 Å². The van der Waals surface area contributed by atoms with Gasteiger partial charge in [-0.25, -0.2) is 18.4 Å². The Morgan fingerprint density at radius 1 is 1.09 bits per heavy atom. The molecule has 0 atom stereocenters. The van der Waals surface area contributed by atoms with E-state index >= 15 is 0 Å². The summed E-state index contributed by atoms with van der Waals surface area (Å²) in [6, 6.07) is 6.04. The van der Waals surface area contributed by atoms with E-state index in [1.807, 2.05) is 0 Å². The van der Waals surface area contributed by atoms with Gasteiger partial charge in [0.2, 0.25) is 10.0 Å². The number of nitrogens with one attached hydrogen (secondary N) is 1. The fraction of sp³-hybridized carbons (Fsp3) is 0.370. The first kappa shape index (κ1) is 30.3.